The smallest absolute Gasteiger partial charge is 0.338 e. The highest BCUT2D eigenvalue weighted by Crippen LogP contribution is 2.21. The zero-order valence-corrected chi connectivity index (χ0v) is 9.07. The summed E-state index contributed by atoms with van der Waals surface area (Å²) in [5, 5.41) is 9.30. The van der Waals surface area contributed by atoms with Crippen molar-refractivity contribution in [3.05, 3.63) is 35.4 Å². The largest absolute Gasteiger partial charge is 0.508 e. The van der Waals surface area contributed by atoms with Crippen LogP contribution < -0.4 is 4.74 Å². The van der Waals surface area contributed by atoms with E-state index in [0.717, 1.165) is 5.56 Å². The first-order valence-corrected chi connectivity index (χ1v) is 4.68. The van der Waals surface area contributed by atoms with E-state index in [2.05, 4.69) is 0 Å². The number of phenols is 1. The molecule has 3 nitrogen and oxygen atoms in total. The molecule has 0 heterocycles. The third-order valence-corrected chi connectivity index (χ3v) is 2.00. The lowest BCUT2D eigenvalue weighted by molar-refractivity contribution is -0.130. The highest BCUT2D eigenvalue weighted by molar-refractivity contribution is 5.89. The molecule has 0 saturated carbocycles. The Balaban J connectivity index is 2.86. The van der Waals surface area contributed by atoms with E-state index >= 15 is 0 Å². The maximum Gasteiger partial charge on any atom is 0.338 e. The second kappa shape index (κ2) is 4.64. The third kappa shape index (κ3) is 3.13. The molecule has 0 fully saturated rings. The van der Waals surface area contributed by atoms with Crippen LogP contribution in [0.1, 0.15) is 19.4 Å². The average Bonchev–Trinajstić information content (AvgIpc) is 2.14. The van der Waals surface area contributed by atoms with E-state index < -0.39 is 5.97 Å². The van der Waals surface area contributed by atoms with Gasteiger partial charge >= 0.3 is 5.97 Å². The first-order valence-electron chi connectivity index (χ1n) is 4.68. The molecule has 0 bridgehead atoms. The van der Waals surface area contributed by atoms with Gasteiger partial charge in [0.25, 0.3) is 0 Å². The molecule has 0 amide bonds. The van der Waals surface area contributed by atoms with Crippen LogP contribution in [0.2, 0.25) is 0 Å². The number of aromatic hydroxyl groups is 1. The molecule has 0 radical (unpaired) electrons. The standard InChI is InChI=1S/C12H14O3/c1-4-9(3)12(14)15-11-6-8(2)5-10(13)7-11/h4-7,13H,1-3H3/b9-4-. The summed E-state index contributed by atoms with van der Waals surface area (Å²) in [6.45, 7) is 5.27. The normalized spacial score (nSPS) is 11.3. The lowest BCUT2D eigenvalue weighted by atomic mass is 10.2. The van der Waals surface area contributed by atoms with Gasteiger partial charge in [-0.05, 0) is 38.5 Å². The number of esters is 1. The molecule has 0 spiro atoms. The Hall–Kier alpha value is -1.77. The van der Waals surface area contributed by atoms with Gasteiger partial charge in [-0.1, -0.05) is 6.08 Å². The number of phenolic OH excluding ortho intramolecular Hbond substituents is 1. The summed E-state index contributed by atoms with van der Waals surface area (Å²) in [5.74, 6) is 0.0529. The van der Waals surface area contributed by atoms with Crippen molar-refractivity contribution in [1.29, 1.82) is 0 Å². The quantitative estimate of drug-likeness (QED) is 0.459. The molecule has 0 atom stereocenters. The molecule has 0 saturated heterocycles. The Labute approximate surface area is 89.0 Å². The highest BCUT2D eigenvalue weighted by Gasteiger charge is 2.07. The number of carbonyl (C=O) groups excluding carboxylic acids is 1. The predicted molar refractivity (Wildman–Crippen MR) is 57.9 cm³/mol. The molecule has 1 aromatic rings. The van der Waals surface area contributed by atoms with Crippen molar-refractivity contribution in [1.82, 2.24) is 0 Å². The number of rotatable bonds is 2. The van der Waals surface area contributed by atoms with Crippen molar-refractivity contribution in [2.75, 3.05) is 0 Å². The van der Waals surface area contributed by atoms with Gasteiger partial charge in [0.2, 0.25) is 0 Å². The highest BCUT2D eigenvalue weighted by atomic mass is 16.5. The van der Waals surface area contributed by atoms with Crippen LogP contribution >= 0.6 is 0 Å². The van der Waals surface area contributed by atoms with E-state index in [1.54, 1.807) is 32.1 Å². The van der Waals surface area contributed by atoms with Crippen molar-refractivity contribution in [3.63, 3.8) is 0 Å². The summed E-state index contributed by atoms with van der Waals surface area (Å²) in [4.78, 5) is 11.4. The monoisotopic (exact) mass is 206 g/mol. The summed E-state index contributed by atoms with van der Waals surface area (Å²) in [6.07, 6.45) is 1.68. The summed E-state index contributed by atoms with van der Waals surface area (Å²) >= 11 is 0. The fourth-order valence-corrected chi connectivity index (χ4v) is 1.09. The number of ether oxygens (including phenoxy) is 1. The number of allylic oxidation sites excluding steroid dienone is 1. The van der Waals surface area contributed by atoms with Gasteiger partial charge in [-0.3, -0.25) is 0 Å². The van der Waals surface area contributed by atoms with Crippen molar-refractivity contribution >= 4 is 5.97 Å². The third-order valence-electron chi connectivity index (χ3n) is 2.00. The lowest BCUT2D eigenvalue weighted by Gasteiger charge is -2.05. The van der Waals surface area contributed by atoms with Crippen molar-refractivity contribution in [2.24, 2.45) is 0 Å². The first-order chi connectivity index (χ1) is 7.02. The van der Waals surface area contributed by atoms with Crippen LogP contribution in [0.15, 0.2) is 29.8 Å². The van der Waals surface area contributed by atoms with Crippen molar-refractivity contribution in [3.8, 4) is 11.5 Å². The maximum atomic E-state index is 11.4. The Morgan fingerprint density at radius 1 is 1.40 bits per heavy atom. The van der Waals surface area contributed by atoms with Crippen LogP contribution in [-0.2, 0) is 4.79 Å². The van der Waals surface area contributed by atoms with Gasteiger partial charge in [-0.25, -0.2) is 4.79 Å². The van der Waals surface area contributed by atoms with Gasteiger partial charge < -0.3 is 9.84 Å². The number of hydrogen-bond donors (Lipinski definition) is 1. The molecule has 0 aliphatic heterocycles. The minimum Gasteiger partial charge on any atom is -0.508 e. The first kappa shape index (κ1) is 11.3. The molecular weight excluding hydrogens is 192 g/mol. The molecule has 1 aromatic carbocycles. The minimum atomic E-state index is -0.400. The Bertz CT molecular complexity index is 385. The fraction of sp³-hybridized carbons (Fsp3) is 0.250. The lowest BCUT2D eigenvalue weighted by Crippen LogP contribution is -2.08. The molecule has 0 aromatic heterocycles. The second-order valence-corrected chi connectivity index (χ2v) is 3.37. The zero-order chi connectivity index (χ0) is 11.4. The van der Waals surface area contributed by atoms with Crippen LogP contribution in [-0.4, -0.2) is 11.1 Å². The predicted octanol–water partition coefficient (Wildman–Crippen LogP) is 2.57. The molecular formula is C12H14O3. The van der Waals surface area contributed by atoms with E-state index in [9.17, 15) is 9.90 Å². The average molecular weight is 206 g/mol. The topological polar surface area (TPSA) is 46.5 Å². The molecule has 3 heteroatoms. The SMILES string of the molecule is C/C=C(/C)C(=O)Oc1cc(C)cc(O)c1. The summed E-state index contributed by atoms with van der Waals surface area (Å²) in [5.41, 5.74) is 1.38. The van der Waals surface area contributed by atoms with Gasteiger partial charge in [0.15, 0.2) is 0 Å². The molecule has 0 aliphatic carbocycles. The Morgan fingerprint density at radius 3 is 2.60 bits per heavy atom. The summed E-state index contributed by atoms with van der Waals surface area (Å²) in [6, 6.07) is 4.70. The molecule has 80 valence electrons. The van der Waals surface area contributed by atoms with Crippen LogP contribution in [0.4, 0.5) is 0 Å². The number of hydrogen-bond acceptors (Lipinski definition) is 3. The minimum absolute atomic E-state index is 0.0935. The molecule has 1 N–H and O–H groups in total. The summed E-state index contributed by atoms with van der Waals surface area (Å²) < 4.78 is 5.06. The zero-order valence-electron chi connectivity index (χ0n) is 9.07. The number of carbonyl (C=O) groups is 1. The number of benzene rings is 1. The summed E-state index contributed by atoms with van der Waals surface area (Å²) in [7, 11) is 0. The van der Waals surface area contributed by atoms with Gasteiger partial charge in [0.1, 0.15) is 11.5 Å². The van der Waals surface area contributed by atoms with Crippen LogP contribution in [0.25, 0.3) is 0 Å². The van der Waals surface area contributed by atoms with E-state index in [4.69, 9.17) is 4.74 Å². The Morgan fingerprint density at radius 2 is 2.07 bits per heavy atom. The van der Waals surface area contributed by atoms with E-state index in [-0.39, 0.29) is 5.75 Å². The fourth-order valence-electron chi connectivity index (χ4n) is 1.09. The number of aryl methyl sites for hydroxylation is 1. The van der Waals surface area contributed by atoms with Crippen LogP contribution in [0.3, 0.4) is 0 Å². The maximum absolute atomic E-state index is 11.4. The van der Waals surface area contributed by atoms with E-state index in [1.807, 2.05) is 6.92 Å². The van der Waals surface area contributed by atoms with Crippen LogP contribution in [0, 0.1) is 6.92 Å². The van der Waals surface area contributed by atoms with Crippen molar-refractivity contribution in [2.45, 2.75) is 20.8 Å². The van der Waals surface area contributed by atoms with Gasteiger partial charge in [0, 0.05) is 11.6 Å². The van der Waals surface area contributed by atoms with Crippen molar-refractivity contribution < 1.29 is 14.6 Å². The molecule has 0 aliphatic rings. The van der Waals surface area contributed by atoms with E-state index in [1.165, 1.54) is 6.07 Å². The molecule has 1 rings (SSSR count). The van der Waals surface area contributed by atoms with Gasteiger partial charge in [-0.2, -0.15) is 0 Å². The molecule has 15 heavy (non-hydrogen) atoms. The Kier molecular flexibility index (Phi) is 3.50. The second-order valence-electron chi connectivity index (χ2n) is 3.37. The molecule has 0 unspecified atom stereocenters. The van der Waals surface area contributed by atoms with Crippen LogP contribution in [0.5, 0.6) is 11.5 Å². The van der Waals surface area contributed by atoms with Gasteiger partial charge in [-0.15, -0.1) is 0 Å². The van der Waals surface area contributed by atoms with Gasteiger partial charge in [0.05, 0.1) is 0 Å². The van der Waals surface area contributed by atoms with E-state index in [0.29, 0.717) is 11.3 Å².